The van der Waals surface area contributed by atoms with E-state index in [4.69, 9.17) is 16.3 Å². The highest BCUT2D eigenvalue weighted by Crippen LogP contribution is 2.35. The molecule has 0 atom stereocenters. The lowest BCUT2D eigenvalue weighted by atomic mass is 10.2. The van der Waals surface area contributed by atoms with E-state index in [1.165, 1.54) is 0 Å². The number of aromatic nitrogens is 1. The van der Waals surface area contributed by atoms with Gasteiger partial charge >= 0.3 is 0 Å². The zero-order valence-electron chi connectivity index (χ0n) is 9.10. The average molecular weight is 243 g/mol. The number of nitrogens with one attached hydrogen (secondary N) is 4. The first-order valence-electron chi connectivity index (χ1n) is 4.90. The molecule has 0 fully saturated rings. The molecule has 1 aromatic heterocycles. The number of fused-ring (bicyclic) bond motifs is 1. The Morgan fingerprint density at radius 3 is 2.61 bits per heavy atom. The lowest BCUT2D eigenvalue weighted by molar-refractivity contribution is 0.459. The molecule has 1 aromatic carbocycles. The molecule has 0 aliphatic rings. The van der Waals surface area contributed by atoms with Crippen molar-refractivity contribution in [2.75, 3.05) is 0 Å². The largest absolute Gasteiger partial charge is 0.493 e. The van der Waals surface area contributed by atoms with E-state index in [9.17, 15) is 5.11 Å². The number of amidine groups is 2. The average Bonchev–Trinajstić information content (AvgIpc) is 2.70. The first-order chi connectivity index (χ1) is 8.63. The zero-order valence-corrected chi connectivity index (χ0v) is 9.10. The molecule has 2 aromatic rings. The van der Waals surface area contributed by atoms with Crippen LogP contribution in [0.4, 0.5) is 5.69 Å². The van der Waals surface area contributed by atoms with Gasteiger partial charge in [-0.3, -0.25) is 10.8 Å². The summed E-state index contributed by atoms with van der Waals surface area (Å²) < 4.78 is 0. The normalized spacial score (nSPS) is 10.9. The van der Waals surface area contributed by atoms with Crippen LogP contribution in [-0.4, -0.2) is 21.8 Å². The van der Waals surface area contributed by atoms with Crippen LogP contribution >= 0.6 is 0 Å². The lowest BCUT2D eigenvalue weighted by Gasteiger charge is -1.92. The highest BCUT2D eigenvalue weighted by atomic mass is 16.3. The molecule has 5 N–H and O–H groups in total. The number of aromatic amines is 1. The monoisotopic (exact) mass is 243 g/mol. The van der Waals surface area contributed by atoms with Gasteiger partial charge in [0, 0.05) is 5.39 Å². The van der Waals surface area contributed by atoms with Gasteiger partial charge in [-0.15, -0.1) is 15.3 Å². The number of benzene rings is 1. The number of hydrogen-bond acceptors (Lipinski definition) is 5. The standard InChI is InChI=1S/C10H9N7O/c11-8(15-13)9(12)17-16-7-5-3-1-2-4-6(5)14-10(7)18/h1-4,11-14,18H/b11-8?,12-9?,15-13?,17-16+. The van der Waals surface area contributed by atoms with Gasteiger partial charge in [-0.1, -0.05) is 18.2 Å². The van der Waals surface area contributed by atoms with Gasteiger partial charge in [-0.05, 0) is 6.07 Å². The quantitative estimate of drug-likeness (QED) is 0.292. The van der Waals surface area contributed by atoms with Crippen molar-refractivity contribution < 1.29 is 5.11 Å². The van der Waals surface area contributed by atoms with Crippen LogP contribution in [-0.2, 0) is 0 Å². The molecular weight excluding hydrogens is 234 g/mol. The number of hydrogen-bond donors (Lipinski definition) is 5. The van der Waals surface area contributed by atoms with Crippen LogP contribution in [0.5, 0.6) is 5.88 Å². The van der Waals surface area contributed by atoms with Crippen LogP contribution in [0.2, 0.25) is 0 Å². The van der Waals surface area contributed by atoms with Crippen molar-refractivity contribution in [3.8, 4) is 5.88 Å². The van der Waals surface area contributed by atoms with Crippen molar-refractivity contribution in [3.05, 3.63) is 24.3 Å². The van der Waals surface area contributed by atoms with Gasteiger partial charge in [0.1, 0.15) is 0 Å². The number of azo groups is 1. The van der Waals surface area contributed by atoms with Crippen molar-refractivity contribution in [2.24, 2.45) is 15.3 Å². The molecule has 0 saturated heterocycles. The molecule has 0 aliphatic heterocycles. The minimum absolute atomic E-state index is 0.165. The molecule has 90 valence electrons. The molecular formula is C10H9N7O. The molecule has 0 unspecified atom stereocenters. The molecule has 0 radical (unpaired) electrons. The molecule has 8 heteroatoms. The molecule has 0 amide bonds. The van der Waals surface area contributed by atoms with Gasteiger partial charge in [-0.2, -0.15) is 0 Å². The van der Waals surface area contributed by atoms with E-state index in [0.717, 1.165) is 0 Å². The third-order valence-electron chi connectivity index (χ3n) is 2.25. The zero-order chi connectivity index (χ0) is 13.1. The van der Waals surface area contributed by atoms with Crippen LogP contribution < -0.4 is 0 Å². The summed E-state index contributed by atoms with van der Waals surface area (Å²) in [6.07, 6.45) is 0. The summed E-state index contributed by atoms with van der Waals surface area (Å²) in [4.78, 5) is 2.71. The Hall–Kier alpha value is -2.90. The van der Waals surface area contributed by atoms with E-state index in [2.05, 4.69) is 20.3 Å². The molecule has 2 rings (SSSR count). The summed E-state index contributed by atoms with van der Waals surface area (Å²) in [5.41, 5.74) is 7.45. The van der Waals surface area contributed by atoms with Crippen LogP contribution in [0.15, 0.2) is 39.6 Å². The SMILES string of the molecule is N=NC(=N)C(=N)/N=N/c1c(O)[nH]c2ccccc12. The Balaban J connectivity index is 2.40. The highest BCUT2D eigenvalue weighted by Gasteiger charge is 2.10. The van der Waals surface area contributed by atoms with E-state index in [0.29, 0.717) is 10.9 Å². The van der Waals surface area contributed by atoms with Gasteiger partial charge < -0.3 is 10.1 Å². The van der Waals surface area contributed by atoms with Crippen LogP contribution in [0.25, 0.3) is 10.9 Å². The second-order valence-corrected chi connectivity index (χ2v) is 3.38. The van der Waals surface area contributed by atoms with Crippen molar-refractivity contribution in [1.82, 2.24) is 4.98 Å². The Morgan fingerprint density at radius 1 is 1.17 bits per heavy atom. The predicted molar refractivity (Wildman–Crippen MR) is 65.1 cm³/mol. The van der Waals surface area contributed by atoms with E-state index in [1.54, 1.807) is 24.3 Å². The number of H-pyrrole nitrogens is 1. The van der Waals surface area contributed by atoms with Gasteiger partial charge in [0.2, 0.25) is 17.6 Å². The summed E-state index contributed by atoms with van der Waals surface area (Å²) in [5, 5.41) is 34.6. The number of para-hydroxylation sites is 1. The summed E-state index contributed by atoms with van der Waals surface area (Å²) in [7, 11) is 0. The van der Waals surface area contributed by atoms with E-state index >= 15 is 0 Å². The van der Waals surface area contributed by atoms with Crippen molar-refractivity contribution >= 4 is 28.3 Å². The molecule has 1 heterocycles. The Kier molecular flexibility index (Phi) is 2.92. The van der Waals surface area contributed by atoms with Crippen molar-refractivity contribution in [2.45, 2.75) is 0 Å². The second-order valence-electron chi connectivity index (χ2n) is 3.38. The van der Waals surface area contributed by atoms with E-state index in [1.807, 2.05) is 0 Å². The summed E-state index contributed by atoms with van der Waals surface area (Å²) >= 11 is 0. The number of rotatable bonds is 1. The Labute approximate surface area is 101 Å². The van der Waals surface area contributed by atoms with Gasteiger partial charge in [0.05, 0.1) is 5.52 Å². The summed E-state index contributed by atoms with van der Waals surface area (Å²) in [6.45, 7) is 0. The second kappa shape index (κ2) is 4.53. The molecule has 8 nitrogen and oxygen atoms in total. The molecule has 0 saturated carbocycles. The highest BCUT2D eigenvalue weighted by molar-refractivity contribution is 6.38. The maximum atomic E-state index is 9.65. The van der Waals surface area contributed by atoms with Crippen LogP contribution in [0.3, 0.4) is 0 Å². The van der Waals surface area contributed by atoms with Crippen molar-refractivity contribution in [1.29, 1.82) is 16.3 Å². The fourth-order valence-electron chi connectivity index (χ4n) is 1.41. The van der Waals surface area contributed by atoms with Gasteiger partial charge in [-0.25, -0.2) is 5.53 Å². The minimum Gasteiger partial charge on any atom is -0.493 e. The fraction of sp³-hybridized carbons (Fsp3) is 0. The minimum atomic E-state index is -0.599. The maximum absolute atomic E-state index is 9.65. The third kappa shape index (κ3) is 1.98. The van der Waals surface area contributed by atoms with Crippen molar-refractivity contribution in [3.63, 3.8) is 0 Å². The first-order valence-corrected chi connectivity index (χ1v) is 4.90. The van der Waals surface area contributed by atoms with Crippen LogP contribution in [0, 0.1) is 16.3 Å². The summed E-state index contributed by atoms with van der Waals surface area (Å²) in [5.74, 6) is -1.31. The van der Waals surface area contributed by atoms with E-state index in [-0.39, 0.29) is 11.6 Å². The smallest absolute Gasteiger partial charge is 0.218 e. The number of nitrogens with zero attached hydrogens (tertiary/aromatic N) is 3. The Bertz CT molecular complexity index is 670. The molecule has 0 bridgehead atoms. The molecule has 0 spiro atoms. The first kappa shape index (κ1) is 11.6. The summed E-state index contributed by atoms with van der Waals surface area (Å²) in [6, 6.07) is 7.08. The molecule has 0 aliphatic carbocycles. The fourth-order valence-corrected chi connectivity index (χ4v) is 1.41. The van der Waals surface area contributed by atoms with Gasteiger partial charge in [0.15, 0.2) is 5.69 Å². The maximum Gasteiger partial charge on any atom is 0.218 e. The topological polar surface area (TPSA) is 145 Å². The lowest BCUT2D eigenvalue weighted by Crippen LogP contribution is -2.03. The predicted octanol–water partition coefficient (Wildman–Crippen LogP) is 2.94. The Morgan fingerprint density at radius 2 is 1.89 bits per heavy atom. The van der Waals surface area contributed by atoms with Gasteiger partial charge in [0.25, 0.3) is 0 Å². The molecule has 18 heavy (non-hydrogen) atoms. The third-order valence-corrected chi connectivity index (χ3v) is 2.25. The van der Waals surface area contributed by atoms with E-state index < -0.39 is 11.7 Å². The van der Waals surface area contributed by atoms with Crippen LogP contribution in [0.1, 0.15) is 0 Å². The number of aromatic hydroxyl groups is 1.